The van der Waals surface area contributed by atoms with Gasteiger partial charge in [-0.1, -0.05) is 26.0 Å². The van der Waals surface area contributed by atoms with Crippen LogP contribution in [0.4, 0.5) is 0 Å². The summed E-state index contributed by atoms with van der Waals surface area (Å²) in [5.41, 5.74) is 1.04. The Morgan fingerprint density at radius 1 is 1.33 bits per heavy atom. The van der Waals surface area contributed by atoms with Gasteiger partial charge in [0.15, 0.2) is 0 Å². The van der Waals surface area contributed by atoms with Gasteiger partial charge in [0.05, 0.1) is 12.5 Å². The van der Waals surface area contributed by atoms with Gasteiger partial charge in [0.25, 0.3) is 0 Å². The molecule has 1 aliphatic rings. The number of aliphatic hydroxyl groups is 1. The third kappa shape index (κ3) is 5.71. The van der Waals surface area contributed by atoms with E-state index >= 15 is 0 Å². The Kier molecular flexibility index (Phi) is 6.12. The summed E-state index contributed by atoms with van der Waals surface area (Å²) in [6, 6.07) is 8.35. The number of benzene rings is 1. The first-order chi connectivity index (χ1) is 10.0. The van der Waals surface area contributed by atoms with E-state index in [-0.39, 0.29) is 18.1 Å². The number of nitrogens with one attached hydrogen (secondary N) is 1. The van der Waals surface area contributed by atoms with Crippen LogP contribution < -0.4 is 5.32 Å². The second-order valence-corrected chi connectivity index (χ2v) is 7.72. The van der Waals surface area contributed by atoms with Gasteiger partial charge in [-0.3, -0.25) is 4.79 Å². The van der Waals surface area contributed by atoms with Gasteiger partial charge >= 0.3 is 0 Å². The molecule has 0 heterocycles. The zero-order valence-corrected chi connectivity index (χ0v) is 13.7. The zero-order chi connectivity index (χ0) is 15.2. The fraction of sp³-hybridized carbons (Fsp3) is 0.588. The van der Waals surface area contributed by atoms with Crippen LogP contribution >= 0.6 is 11.8 Å². The van der Waals surface area contributed by atoms with Gasteiger partial charge < -0.3 is 10.4 Å². The minimum absolute atomic E-state index is 0.0540. The predicted molar refractivity (Wildman–Crippen MR) is 87.5 cm³/mol. The molecule has 21 heavy (non-hydrogen) atoms. The number of hydrogen-bond acceptors (Lipinski definition) is 3. The van der Waals surface area contributed by atoms with Crippen molar-refractivity contribution in [3.05, 3.63) is 29.8 Å². The number of hydrogen-bond donors (Lipinski definition) is 2. The normalized spacial score (nSPS) is 22.3. The minimum Gasteiger partial charge on any atom is -0.393 e. The van der Waals surface area contributed by atoms with Crippen molar-refractivity contribution in [1.82, 2.24) is 5.32 Å². The first kappa shape index (κ1) is 16.4. The Bertz CT molecular complexity index is 458. The lowest BCUT2D eigenvalue weighted by Crippen LogP contribution is -2.40. The predicted octanol–water partition coefficient (Wildman–Crippen LogP) is 3.15. The van der Waals surface area contributed by atoms with Crippen LogP contribution in [-0.2, 0) is 11.2 Å². The molecular formula is C17H25NO2S. The summed E-state index contributed by atoms with van der Waals surface area (Å²) in [5.74, 6) is 0.0540. The van der Waals surface area contributed by atoms with Gasteiger partial charge in [-0.2, -0.15) is 0 Å². The van der Waals surface area contributed by atoms with Gasteiger partial charge in [0.1, 0.15) is 0 Å². The summed E-state index contributed by atoms with van der Waals surface area (Å²) < 4.78 is 0. The molecule has 0 spiro atoms. The number of amides is 1. The van der Waals surface area contributed by atoms with Gasteiger partial charge in [0.2, 0.25) is 5.91 Å². The second kappa shape index (κ2) is 7.85. The molecule has 1 fully saturated rings. The molecule has 1 aromatic rings. The molecule has 2 rings (SSSR count). The van der Waals surface area contributed by atoms with E-state index in [4.69, 9.17) is 0 Å². The van der Waals surface area contributed by atoms with E-state index < -0.39 is 0 Å². The molecule has 0 radical (unpaired) electrons. The van der Waals surface area contributed by atoms with Crippen molar-refractivity contribution in [2.24, 2.45) is 0 Å². The SMILES string of the molecule is CC(C)Sc1ccc(CC(=O)N[C@H]2CCC[C@H](O)C2)cc1. The fourth-order valence-corrected chi connectivity index (χ4v) is 3.55. The highest BCUT2D eigenvalue weighted by Crippen LogP contribution is 2.23. The molecule has 0 aromatic heterocycles. The lowest BCUT2D eigenvalue weighted by atomic mass is 9.93. The van der Waals surface area contributed by atoms with Crippen LogP contribution in [0.15, 0.2) is 29.2 Å². The average Bonchev–Trinajstić information content (AvgIpc) is 2.40. The molecule has 4 heteroatoms. The number of carbonyl (C=O) groups excluding carboxylic acids is 1. The summed E-state index contributed by atoms with van der Waals surface area (Å²) in [5, 5.41) is 13.2. The molecule has 0 aliphatic heterocycles. The minimum atomic E-state index is -0.253. The van der Waals surface area contributed by atoms with Crippen LogP contribution in [0.5, 0.6) is 0 Å². The molecule has 1 aromatic carbocycles. The second-order valence-electron chi connectivity index (χ2n) is 6.07. The molecule has 116 valence electrons. The van der Waals surface area contributed by atoms with E-state index in [1.165, 1.54) is 4.90 Å². The quantitative estimate of drug-likeness (QED) is 0.822. The first-order valence-corrected chi connectivity index (χ1v) is 8.64. The molecule has 1 saturated carbocycles. The van der Waals surface area contributed by atoms with Crippen molar-refractivity contribution in [2.75, 3.05) is 0 Å². The first-order valence-electron chi connectivity index (χ1n) is 7.76. The standard InChI is InChI=1S/C17H25NO2S/c1-12(2)21-16-8-6-13(7-9-16)10-17(20)18-14-4-3-5-15(19)11-14/h6-9,12,14-15,19H,3-5,10-11H2,1-2H3,(H,18,20)/t14-,15-/m0/s1. The van der Waals surface area contributed by atoms with Crippen molar-refractivity contribution in [3.8, 4) is 0 Å². The van der Waals surface area contributed by atoms with Crippen molar-refractivity contribution in [1.29, 1.82) is 0 Å². The Labute approximate surface area is 131 Å². The van der Waals surface area contributed by atoms with Gasteiger partial charge in [-0.15, -0.1) is 11.8 Å². The smallest absolute Gasteiger partial charge is 0.224 e. The van der Waals surface area contributed by atoms with E-state index in [1.807, 2.05) is 23.9 Å². The highest BCUT2D eigenvalue weighted by atomic mass is 32.2. The maximum absolute atomic E-state index is 12.1. The van der Waals surface area contributed by atoms with E-state index in [0.717, 1.165) is 24.8 Å². The third-order valence-electron chi connectivity index (χ3n) is 3.67. The van der Waals surface area contributed by atoms with Crippen LogP contribution in [-0.4, -0.2) is 28.4 Å². The topological polar surface area (TPSA) is 49.3 Å². The Hall–Kier alpha value is -1.00. The maximum atomic E-state index is 12.1. The van der Waals surface area contributed by atoms with E-state index in [0.29, 0.717) is 18.1 Å². The Morgan fingerprint density at radius 3 is 2.67 bits per heavy atom. The molecule has 0 unspecified atom stereocenters. The van der Waals surface area contributed by atoms with Crippen molar-refractivity contribution >= 4 is 17.7 Å². The fourth-order valence-electron chi connectivity index (χ4n) is 2.72. The van der Waals surface area contributed by atoms with E-state index in [2.05, 4.69) is 31.3 Å². The highest BCUT2D eigenvalue weighted by Gasteiger charge is 2.21. The lowest BCUT2D eigenvalue weighted by Gasteiger charge is -2.26. The van der Waals surface area contributed by atoms with Crippen molar-refractivity contribution in [3.63, 3.8) is 0 Å². The molecule has 3 nitrogen and oxygen atoms in total. The molecule has 2 atom stereocenters. The van der Waals surface area contributed by atoms with Crippen LogP contribution in [0, 0.1) is 0 Å². The summed E-state index contributed by atoms with van der Waals surface area (Å²) in [7, 11) is 0. The number of carbonyl (C=O) groups is 1. The van der Waals surface area contributed by atoms with Gasteiger partial charge in [-0.25, -0.2) is 0 Å². The van der Waals surface area contributed by atoms with Crippen molar-refractivity contribution in [2.45, 2.75) is 68.2 Å². The maximum Gasteiger partial charge on any atom is 0.224 e. The lowest BCUT2D eigenvalue weighted by molar-refractivity contribution is -0.121. The average molecular weight is 307 g/mol. The molecule has 0 bridgehead atoms. The highest BCUT2D eigenvalue weighted by molar-refractivity contribution is 7.99. The summed E-state index contributed by atoms with van der Waals surface area (Å²) in [6.45, 7) is 4.34. The van der Waals surface area contributed by atoms with Crippen LogP contribution in [0.2, 0.25) is 0 Å². The van der Waals surface area contributed by atoms with E-state index in [1.54, 1.807) is 0 Å². The monoisotopic (exact) mass is 307 g/mol. The van der Waals surface area contributed by atoms with Crippen molar-refractivity contribution < 1.29 is 9.90 Å². The number of rotatable bonds is 5. The van der Waals surface area contributed by atoms with Crippen LogP contribution in [0.3, 0.4) is 0 Å². The van der Waals surface area contributed by atoms with E-state index in [9.17, 15) is 9.90 Å². The molecule has 0 saturated heterocycles. The summed E-state index contributed by atoms with van der Waals surface area (Å²) >= 11 is 1.83. The molecule has 2 N–H and O–H groups in total. The third-order valence-corrected chi connectivity index (χ3v) is 4.69. The largest absolute Gasteiger partial charge is 0.393 e. The number of thioether (sulfide) groups is 1. The molecular weight excluding hydrogens is 282 g/mol. The zero-order valence-electron chi connectivity index (χ0n) is 12.8. The summed E-state index contributed by atoms with van der Waals surface area (Å²) in [4.78, 5) is 13.3. The van der Waals surface area contributed by atoms with Gasteiger partial charge in [0, 0.05) is 16.2 Å². The Morgan fingerprint density at radius 2 is 2.05 bits per heavy atom. The van der Waals surface area contributed by atoms with Gasteiger partial charge in [-0.05, 0) is 43.4 Å². The van der Waals surface area contributed by atoms with Crippen LogP contribution in [0.25, 0.3) is 0 Å². The Balaban J connectivity index is 1.82. The molecule has 1 amide bonds. The summed E-state index contributed by atoms with van der Waals surface area (Å²) in [6.07, 6.45) is 3.69. The van der Waals surface area contributed by atoms with Crippen LogP contribution in [0.1, 0.15) is 45.1 Å². The number of aliphatic hydroxyl groups excluding tert-OH is 1. The molecule has 1 aliphatic carbocycles.